The average molecular weight is 696 g/mol. The van der Waals surface area contributed by atoms with Gasteiger partial charge in [-0.25, -0.2) is 9.97 Å². The van der Waals surface area contributed by atoms with Crippen LogP contribution in [0.2, 0.25) is 0 Å². The number of carboxylic acid groups (broad SMARTS) is 1. The van der Waals surface area contributed by atoms with Crippen LogP contribution in [0.3, 0.4) is 0 Å². The van der Waals surface area contributed by atoms with E-state index in [0.29, 0.717) is 36.0 Å². The number of rotatable bonds is 18. The highest BCUT2D eigenvalue weighted by atomic mass is 32.1. The summed E-state index contributed by atoms with van der Waals surface area (Å²) in [5, 5.41) is 9.49. The Morgan fingerprint density at radius 2 is 1.58 bits per heavy atom. The van der Waals surface area contributed by atoms with Crippen molar-refractivity contribution >= 4 is 29.0 Å². The van der Waals surface area contributed by atoms with Crippen molar-refractivity contribution in [2.45, 2.75) is 78.6 Å². The van der Waals surface area contributed by atoms with Crippen molar-refractivity contribution in [2.75, 3.05) is 19.7 Å². The lowest BCUT2D eigenvalue weighted by atomic mass is 9.92. The molecular formula is C41H49N3O5S. The van der Waals surface area contributed by atoms with Gasteiger partial charge in [-0.2, -0.15) is 0 Å². The number of Topliss-reactive ketones (excluding diaryl/α,β-unsaturated/α-hetero) is 1. The summed E-state index contributed by atoms with van der Waals surface area (Å²) < 4.78 is 5.90. The summed E-state index contributed by atoms with van der Waals surface area (Å²) in [5.74, 6) is -0.313. The standard InChI is InChI=1S/C41H49N3O5S/c1-4-5-6-7-8-21-49-35-15-13-30(14-16-35)34-25-42-39(43-26-34)31-11-9-29(10-12-31)23-33(40(46)44-20-19-32(27-44)41(47)48)24-37(45)38-18-17-36(50-38)22-28(2)3/h9-18,25-26,28,32-33H,4-8,19-24,27H2,1-3H3,(H,47,48)/t32-,33+/m0/s1. The maximum atomic E-state index is 13.7. The number of ether oxygens (including phenoxy) is 1. The lowest BCUT2D eigenvalue weighted by Gasteiger charge is -2.23. The van der Waals surface area contributed by atoms with Crippen molar-refractivity contribution in [3.63, 3.8) is 0 Å². The zero-order valence-electron chi connectivity index (χ0n) is 29.5. The van der Waals surface area contributed by atoms with Gasteiger partial charge in [0.05, 0.1) is 17.4 Å². The monoisotopic (exact) mass is 695 g/mol. The van der Waals surface area contributed by atoms with E-state index in [1.54, 1.807) is 4.90 Å². The summed E-state index contributed by atoms with van der Waals surface area (Å²) in [5.41, 5.74) is 3.69. The van der Waals surface area contributed by atoms with E-state index in [1.165, 1.54) is 37.0 Å². The molecule has 1 saturated heterocycles. The number of carbonyl (C=O) groups excluding carboxylic acids is 2. The first kappa shape index (κ1) is 36.9. The number of hydrogen-bond donors (Lipinski definition) is 1. The number of aromatic nitrogens is 2. The van der Waals surface area contributed by atoms with E-state index in [9.17, 15) is 19.5 Å². The third-order valence-corrected chi connectivity index (χ3v) is 10.4. The van der Waals surface area contributed by atoms with Crippen LogP contribution in [0.25, 0.3) is 22.5 Å². The third-order valence-electron chi connectivity index (χ3n) is 9.23. The van der Waals surface area contributed by atoms with Gasteiger partial charge in [0.15, 0.2) is 11.6 Å². The molecule has 8 nitrogen and oxygen atoms in total. The quantitative estimate of drug-likeness (QED) is 0.0819. The van der Waals surface area contributed by atoms with E-state index in [-0.39, 0.29) is 24.7 Å². The number of aliphatic carboxylic acids is 1. The van der Waals surface area contributed by atoms with E-state index in [1.807, 2.05) is 73.1 Å². The van der Waals surface area contributed by atoms with Crippen molar-refractivity contribution in [1.29, 1.82) is 0 Å². The maximum Gasteiger partial charge on any atom is 0.308 e. The molecule has 264 valence electrons. The van der Waals surface area contributed by atoms with Crippen molar-refractivity contribution in [3.05, 3.63) is 88.4 Å². The van der Waals surface area contributed by atoms with Gasteiger partial charge in [-0.15, -0.1) is 11.3 Å². The van der Waals surface area contributed by atoms with Gasteiger partial charge in [0.2, 0.25) is 5.91 Å². The molecule has 1 aliphatic rings. The van der Waals surface area contributed by atoms with Crippen LogP contribution < -0.4 is 4.74 Å². The van der Waals surface area contributed by atoms with E-state index < -0.39 is 17.8 Å². The number of carbonyl (C=O) groups is 3. The summed E-state index contributed by atoms with van der Waals surface area (Å²) in [6, 6.07) is 19.7. The Bertz CT molecular complexity index is 1700. The van der Waals surface area contributed by atoms with Crippen LogP contribution in [0.5, 0.6) is 5.75 Å². The van der Waals surface area contributed by atoms with Gasteiger partial charge >= 0.3 is 5.97 Å². The van der Waals surface area contributed by atoms with Crippen molar-refractivity contribution in [1.82, 2.24) is 14.9 Å². The minimum absolute atomic E-state index is 0.0533. The second-order valence-electron chi connectivity index (χ2n) is 13.8. The summed E-state index contributed by atoms with van der Waals surface area (Å²) >= 11 is 1.50. The number of benzene rings is 2. The van der Waals surface area contributed by atoms with E-state index in [0.717, 1.165) is 52.3 Å². The number of thiophene rings is 1. The minimum atomic E-state index is -0.888. The number of ketones is 1. The second kappa shape index (κ2) is 18.0. The predicted molar refractivity (Wildman–Crippen MR) is 198 cm³/mol. The normalized spacial score (nSPS) is 15.0. The molecule has 1 fully saturated rings. The van der Waals surface area contributed by atoms with Crippen LogP contribution in [0.15, 0.2) is 73.1 Å². The van der Waals surface area contributed by atoms with Crippen LogP contribution in [0.1, 0.15) is 85.8 Å². The molecular weight excluding hydrogens is 647 g/mol. The Morgan fingerprint density at radius 1 is 0.880 bits per heavy atom. The minimum Gasteiger partial charge on any atom is -0.494 e. The van der Waals surface area contributed by atoms with E-state index >= 15 is 0 Å². The first-order valence-corrected chi connectivity index (χ1v) is 18.8. The smallest absolute Gasteiger partial charge is 0.308 e. The fourth-order valence-corrected chi connectivity index (χ4v) is 7.54. The first-order valence-electron chi connectivity index (χ1n) is 18.0. The molecule has 2 aromatic carbocycles. The Kier molecular flexibility index (Phi) is 13.3. The fraction of sp³-hybridized carbons (Fsp3) is 0.439. The molecule has 0 bridgehead atoms. The van der Waals surface area contributed by atoms with Gasteiger partial charge in [0.1, 0.15) is 5.75 Å². The highest BCUT2D eigenvalue weighted by Crippen LogP contribution is 2.28. The zero-order valence-corrected chi connectivity index (χ0v) is 30.3. The van der Waals surface area contributed by atoms with Gasteiger partial charge in [-0.05, 0) is 67.0 Å². The topological polar surface area (TPSA) is 110 Å². The number of unbranched alkanes of at least 4 members (excludes halogenated alkanes) is 4. The summed E-state index contributed by atoms with van der Waals surface area (Å²) in [6.07, 6.45) is 11.5. The molecule has 1 N–H and O–H groups in total. The zero-order chi connectivity index (χ0) is 35.5. The number of likely N-dealkylation sites (tertiary alicyclic amines) is 1. The molecule has 0 radical (unpaired) electrons. The highest BCUT2D eigenvalue weighted by Gasteiger charge is 2.35. The number of nitrogens with zero attached hydrogens (tertiary/aromatic N) is 3. The lowest BCUT2D eigenvalue weighted by molar-refractivity contribution is -0.141. The third kappa shape index (κ3) is 10.3. The predicted octanol–water partition coefficient (Wildman–Crippen LogP) is 8.78. The van der Waals surface area contributed by atoms with Gasteiger partial charge < -0.3 is 14.7 Å². The molecule has 1 amide bonds. The van der Waals surface area contributed by atoms with Gasteiger partial charge in [-0.1, -0.05) is 82.9 Å². The molecule has 0 spiro atoms. The van der Waals surface area contributed by atoms with Gasteiger partial charge in [-0.3, -0.25) is 14.4 Å². The molecule has 3 heterocycles. The largest absolute Gasteiger partial charge is 0.494 e. The summed E-state index contributed by atoms with van der Waals surface area (Å²) in [4.78, 5) is 51.4. The van der Waals surface area contributed by atoms with Crippen LogP contribution >= 0.6 is 11.3 Å². The molecule has 5 rings (SSSR count). The maximum absolute atomic E-state index is 13.7. The summed E-state index contributed by atoms with van der Waals surface area (Å²) in [6.45, 7) is 7.82. The van der Waals surface area contributed by atoms with Gasteiger partial charge in [0.25, 0.3) is 0 Å². The lowest BCUT2D eigenvalue weighted by Crippen LogP contribution is -2.37. The number of carboxylic acids is 1. The molecule has 2 atom stereocenters. The molecule has 0 unspecified atom stereocenters. The van der Waals surface area contributed by atoms with E-state index in [4.69, 9.17) is 4.74 Å². The van der Waals surface area contributed by atoms with Crippen LogP contribution in [-0.2, 0) is 22.4 Å². The Morgan fingerprint density at radius 3 is 2.24 bits per heavy atom. The summed E-state index contributed by atoms with van der Waals surface area (Å²) in [7, 11) is 0. The molecule has 9 heteroatoms. The number of hydrogen-bond acceptors (Lipinski definition) is 7. The van der Waals surface area contributed by atoms with Crippen molar-refractivity contribution < 1.29 is 24.2 Å². The molecule has 0 aliphatic carbocycles. The molecule has 4 aromatic rings. The number of amides is 1. The molecule has 50 heavy (non-hydrogen) atoms. The Hall–Kier alpha value is -4.37. The van der Waals surface area contributed by atoms with E-state index in [2.05, 4.69) is 30.7 Å². The fourth-order valence-electron chi connectivity index (χ4n) is 6.37. The SMILES string of the molecule is CCCCCCCOc1ccc(-c2cnc(-c3ccc(C[C@H](CC(=O)c4ccc(CC(C)C)s4)C(=O)N4CC[C@H](C(=O)O)C4)cc3)nc2)cc1. The van der Waals surface area contributed by atoms with Crippen LogP contribution in [0.4, 0.5) is 0 Å². The van der Waals surface area contributed by atoms with Crippen molar-refractivity contribution in [3.8, 4) is 28.3 Å². The van der Waals surface area contributed by atoms with Gasteiger partial charge in [0, 0.05) is 53.8 Å². The molecule has 0 saturated carbocycles. The highest BCUT2D eigenvalue weighted by molar-refractivity contribution is 7.14. The Balaban J connectivity index is 1.22. The second-order valence-corrected chi connectivity index (χ2v) is 14.9. The molecule has 2 aromatic heterocycles. The molecule has 1 aliphatic heterocycles. The average Bonchev–Trinajstić information content (AvgIpc) is 3.81. The van der Waals surface area contributed by atoms with Crippen molar-refractivity contribution in [2.24, 2.45) is 17.8 Å². The van der Waals surface area contributed by atoms with Crippen LogP contribution in [0, 0.1) is 17.8 Å². The van der Waals surface area contributed by atoms with Crippen LogP contribution in [-0.4, -0.2) is 57.3 Å². The Labute approximate surface area is 299 Å². The first-order chi connectivity index (χ1) is 24.2.